The zero-order chi connectivity index (χ0) is 19.4. The van der Waals surface area contributed by atoms with Crippen LogP contribution in [0.5, 0.6) is 0 Å². The van der Waals surface area contributed by atoms with Gasteiger partial charge in [0.15, 0.2) is 0 Å². The monoisotopic (exact) mass is 362 g/mol. The molecule has 2 aromatic carbocycles. The van der Waals surface area contributed by atoms with Gasteiger partial charge in [0, 0.05) is 23.9 Å². The van der Waals surface area contributed by atoms with E-state index in [2.05, 4.69) is 10.4 Å². The van der Waals surface area contributed by atoms with E-state index >= 15 is 0 Å². The molecular weight excluding hydrogens is 344 g/mol. The molecule has 0 bridgehead atoms. The van der Waals surface area contributed by atoms with Gasteiger partial charge in [-0.3, -0.25) is 14.9 Å². The molecule has 136 valence electrons. The van der Waals surface area contributed by atoms with E-state index in [1.807, 2.05) is 38.1 Å². The van der Waals surface area contributed by atoms with Crippen molar-refractivity contribution >= 4 is 23.4 Å². The number of carbonyl (C=O) groups is 1. The van der Waals surface area contributed by atoms with E-state index in [9.17, 15) is 14.9 Å². The molecular formula is C20H18N4O3. The lowest BCUT2D eigenvalue weighted by Crippen LogP contribution is -2.11. The molecule has 7 nitrogen and oxygen atoms in total. The number of nitro groups is 1. The Bertz CT molecular complexity index is 1040. The van der Waals surface area contributed by atoms with Crippen LogP contribution < -0.4 is 5.32 Å². The van der Waals surface area contributed by atoms with E-state index in [1.165, 1.54) is 24.3 Å². The first-order chi connectivity index (χ1) is 12.9. The van der Waals surface area contributed by atoms with Crippen molar-refractivity contribution in [1.82, 2.24) is 9.78 Å². The molecule has 0 atom stereocenters. The number of aromatic nitrogens is 2. The Kier molecular flexibility index (Phi) is 5.12. The van der Waals surface area contributed by atoms with Crippen molar-refractivity contribution in [2.45, 2.75) is 13.8 Å². The van der Waals surface area contributed by atoms with Crippen LogP contribution in [-0.2, 0) is 4.79 Å². The zero-order valence-corrected chi connectivity index (χ0v) is 14.9. The Labute approximate surface area is 156 Å². The number of benzene rings is 2. The Balaban J connectivity index is 1.80. The number of hydrogen-bond donors (Lipinski definition) is 1. The van der Waals surface area contributed by atoms with Crippen molar-refractivity contribution < 1.29 is 9.72 Å². The maximum Gasteiger partial charge on any atom is 0.270 e. The number of carbonyl (C=O) groups excluding carboxylic acids is 1. The van der Waals surface area contributed by atoms with Gasteiger partial charge < -0.3 is 5.32 Å². The minimum Gasteiger partial charge on any atom is -0.321 e. The average molecular weight is 362 g/mol. The summed E-state index contributed by atoms with van der Waals surface area (Å²) in [7, 11) is 0. The standard InChI is InChI=1S/C20H18N4O3/c1-14-12-15(2)23(22-14)19-9-4-3-8-18(19)21-20(25)11-10-16-6-5-7-17(13-16)24(26)27/h3-13H,1-2H3,(H,21,25)/b11-10+. The molecule has 1 aromatic heterocycles. The van der Waals surface area contributed by atoms with E-state index in [0.717, 1.165) is 17.1 Å². The fourth-order valence-electron chi connectivity index (χ4n) is 2.73. The number of para-hydroxylation sites is 2. The molecule has 1 heterocycles. The highest BCUT2D eigenvalue weighted by atomic mass is 16.6. The Morgan fingerprint density at radius 2 is 1.93 bits per heavy atom. The van der Waals surface area contributed by atoms with Gasteiger partial charge >= 0.3 is 0 Å². The first-order valence-electron chi connectivity index (χ1n) is 8.30. The van der Waals surface area contributed by atoms with Crippen LogP contribution in [0.1, 0.15) is 17.0 Å². The molecule has 3 rings (SSSR count). The van der Waals surface area contributed by atoms with Gasteiger partial charge in [0.25, 0.3) is 5.69 Å². The molecule has 27 heavy (non-hydrogen) atoms. The number of hydrogen-bond acceptors (Lipinski definition) is 4. The smallest absolute Gasteiger partial charge is 0.270 e. The lowest BCUT2D eigenvalue weighted by atomic mass is 10.2. The summed E-state index contributed by atoms with van der Waals surface area (Å²) >= 11 is 0. The number of amides is 1. The molecule has 0 radical (unpaired) electrons. The maximum absolute atomic E-state index is 12.3. The lowest BCUT2D eigenvalue weighted by molar-refractivity contribution is -0.384. The third-order valence-electron chi connectivity index (χ3n) is 3.91. The highest BCUT2D eigenvalue weighted by molar-refractivity contribution is 6.03. The Morgan fingerprint density at radius 3 is 2.63 bits per heavy atom. The molecule has 0 saturated heterocycles. The second-order valence-electron chi connectivity index (χ2n) is 6.03. The molecule has 0 aliphatic carbocycles. The van der Waals surface area contributed by atoms with Crippen LogP contribution in [0, 0.1) is 24.0 Å². The zero-order valence-electron chi connectivity index (χ0n) is 14.9. The maximum atomic E-state index is 12.3. The van der Waals surface area contributed by atoms with Crippen molar-refractivity contribution in [3.8, 4) is 5.69 Å². The van der Waals surface area contributed by atoms with Crippen molar-refractivity contribution in [3.63, 3.8) is 0 Å². The predicted molar refractivity (Wildman–Crippen MR) is 104 cm³/mol. The molecule has 1 amide bonds. The highest BCUT2D eigenvalue weighted by Gasteiger charge is 2.10. The summed E-state index contributed by atoms with van der Waals surface area (Å²) in [4.78, 5) is 22.7. The summed E-state index contributed by atoms with van der Waals surface area (Å²) in [5, 5.41) is 18.1. The normalized spacial score (nSPS) is 10.9. The van der Waals surface area contributed by atoms with Crippen LogP contribution in [-0.4, -0.2) is 20.6 Å². The first kappa shape index (κ1) is 18.1. The Hall–Kier alpha value is -3.74. The van der Waals surface area contributed by atoms with Gasteiger partial charge in [-0.15, -0.1) is 0 Å². The van der Waals surface area contributed by atoms with Crippen molar-refractivity contribution in [2.24, 2.45) is 0 Å². The van der Waals surface area contributed by atoms with Crippen LogP contribution in [0.25, 0.3) is 11.8 Å². The molecule has 0 saturated carbocycles. The molecule has 0 aliphatic rings. The third kappa shape index (κ3) is 4.27. The van der Waals surface area contributed by atoms with E-state index in [1.54, 1.807) is 22.9 Å². The number of nitro benzene ring substituents is 1. The summed E-state index contributed by atoms with van der Waals surface area (Å²) in [6, 6.07) is 15.4. The van der Waals surface area contributed by atoms with Crippen LogP contribution in [0.4, 0.5) is 11.4 Å². The molecule has 3 aromatic rings. The Morgan fingerprint density at radius 1 is 1.15 bits per heavy atom. The summed E-state index contributed by atoms with van der Waals surface area (Å²) in [5.41, 5.74) is 3.79. The highest BCUT2D eigenvalue weighted by Crippen LogP contribution is 2.22. The summed E-state index contributed by atoms with van der Waals surface area (Å²) in [6.45, 7) is 3.85. The first-order valence-corrected chi connectivity index (χ1v) is 8.30. The van der Waals surface area contributed by atoms with Crippen LogP contribution in [0.15, 0.2) is 60.7 Å². The van der Waals surface area contributed by atoms with Gasteiger partial charge in [-0.2, -0.15) is 5.10 Å². The van der Waals surface area contributed by atoms with E-state index < -0.39 is 4.92 Å². The molecule has 0 fully saturated rings. The number of non-ortho nitro benzene ring substituents is 1. The fraction of sp³-hybridized carbons (Fsp3) is 0.100. The number of rotatable bonds is 5. The van der Waals surface area contributed by atoms with Crippen LogP contribution in [0.2, 0.25) is 0 Å². The number of nitrogens with one attached hydrogen (secondary N) is 1. The van der Waals surface area contributed by atoms with Crippen molar-refractivity contribution in [2.75, 3.05) is 5.32 Å². The van der Waals surface area contributed by atoms with E-state index in [0.29, 0.717) is 11.3 Å². The number of anilines is 1. The van der Waals surface area contributed by atoms with Crippen molar-refractivity contribution in [1.29, 1.82) is 0 Å². The largest absolute Gasteiger partial charge is 0.321 e. The molecule has 0 aliphatic heterocycles. The van der Waals surface area contributed by atoms with Crippen LogP contribution in [0.3, 0.4) is 0 Å². The van der Waals surface area contributed by atoms with Crippen LogP contribution >= 0.6 is 0 Å². The molecule has 7 heteroatoms. The minimum atomic E-state index is -0.470. The number of nitrogens with zero attached hydrogens (tertiary/aromatic N) is 3. The van der Waals surface area contributed by atoms with E-state index in [-0.39, 0.29) is 11.6 Å². The molecule has 0 unspecified atom stereocenters. The van der Waals surface area contributed by atoms with Gasteiger partial charge in [0.1, 0.15) is 0 Å². The van der Waals surface area contributed by atoms with E-state index in [4.69, 9.17) is 0 Å². The second kappa shape index (κ2) is 7.65. The summed E-state index contributed by atoms with van der Waals surface area (Å²) in [5.74, 6) is -0.338. The molecule has 0 spiro atoms. The van der Waals surface area contributed by atoms with Gasteiger partial charge in [-0.1, -0.05) is 24.3 Å². The summed E-state index contributed by atoms with van der Waals surface area (Å²) in [6.07, 6.45) is 2.88. The second-order valence-corrected chi connectivity index (χ2v) is 6.03. The number of aryl methyl sites for hydroxylation is 2. The van der Waals surface area contributed by atoms with Crippen molar-refractivity contribution in [3.05, 3.63) is 87.7 Å². The lowest BCUT2D eigenvalue weighted by Gasteiger charge is -2.11. The van der Waals surface area contributed by atoms with Gasteiger partial charge in [0.05, 0.1) is 22.0 Å². The summed E-state index contributed by atoms with van der Waals surface area (Å²) < 4.78 is 1.77. The SMILES string of the molecule is Cc1cc(C)n(-c2ccccc2NC(=O)/C=C/c2cccc([N+](=O)[O-])c2)n1. The van der Waals surface area contributed by atoms with Gasteiger partial charge in [-0.05, 0) is 43.7 Å². The van der Waals surface area contributed by atoms with Gasteiger partial charge in [-0.25, -0.2) is 4.68 Å². The van der Waals surface area contributed by atoms with Gasteiger partial charge in [0.2, 0.25) is 5.91 Å². The minimum absolute atomic E-state index is 0.0209. The topological polar surface area (TPSA) is 90.1 Å². The fourth-order valence-corrected chi connectivity index (χ4v) is 2.73. The quantitative estimate of drug-likeness (QED) is 0.421. The predicted octanol–water partition coefficient (Wildman–Crippen LogP) is 4.05. The average Bonchev–Trinajstić information content (AvgIpc) is 2.98. The molecule has 1 N–H and O–H groups in total. The third-order valence-corrected chi connectivity index (χ3v) is 3.91.